The molecule has 0 bridgehead atoms. The van der Waals surface area contributed by atoms with Crippen LogP contribution < -0.4 is 10.6 Å². The van der Waals surface area contributed by atoms with Crippen molar-refractivity contribution in [1.29, 1.82) is 0 Å². The Bertz CT molecular complexity index is 547. The first kappa shape index (κ1) is 17.6. The smallest absolute Gasteiger partial charge is 0.321 e. The lowest BCUT2D eigenvalue weighted by molar-refractivity contribution is 0.156. The molecule has 1 aromatic heterocycles. The molecular formula is C17H29N5OS. The van der Waals surface area contributed by atoms with Crippen LogP contribution in [0.5, 0.6) is 0 Å². The van der Waals surface area contributed by atoms with Gasteiger partial charge in [-0.2, -0.15) is 0 Å². The number of rotatable bonds is 5. The molecule has 2 fully saturated rings. The maximum absolute atomic E-state index is 12.2. The molecule has 2 aliphatic rings. The van der Waals surface area contributed by atoms with Crippen LogP contribution in [0.4, 0.5) is 9.93 Å². The van der Waals surface area contributed by atoms with E-state index in [-0.39, 0.29) is 11.6 Å². The van der Waals surface area contributed by atoms with Crippen molar-refractivity contribution in [2.45, 2.75) is 69.2 Å². The van der Waals surface area contributed by atoms with Gasteiger partial charge in [-0.25, -0.2) is 4.79 Å². The van der Waals surface area contributed by atoms with Crippen molar-refractivity contribution in [1.82, 2.24) is 20.4 Å². The number of carbonyl (C=O) groups is 1. The number of carbonyl (C=O) groups excluding carboxylic acids is 1. The molecule has 24 heavy (non-hydrogen) atoms. The molecule has 0 spiro atoms. The normalized spacial score (nSPS) is 21.1. The standard InChI is InChI=1S/C17H29N5OS/c1-22(2)17(10-6-7-11-17)12-18-15(23)19-16-21-20-14(24-16)13-8-4-3-5-9-13/h13H,3-12H2,1-2H3,(H2,18,19,21,23). The first-order chi connectivity index (χ1) is 11.6. The molecule has 0 aromatic carbocycles. The summed E-state index contributed by atoms with van der Waals surface area (Å²) in [6.45, 7) is 0.681. The summed E-state index contributed by atoms with van der Waals surface area (Å²) in [5, 5.41) is 16.0. The lowest BCUT2D eigenvalue weighted by atomic mass is 9.90. The lowest BCUT2D eigenvalue weighted by Crippen LogP contribution is -2.51. The second kappa shape index (κ2) is 7.78. The van der Waals surface area contributed by atoms with Crippen LogP contribution in [0.1, 0.15) is 68.7 Å². The largest absolute Gasteiger partial charge is 0.336 e. The summed E-state index contributed by atoms with van der Waals surface area (Å²) in [6.07, 6.45) is 11.1. The molecule has 1 aromatic rings. The fraction of sp³-hybridized carbons (Fsp3) is 0.824. The Morgan fingerprint density at radius 1 is 1.17 bits per heavy atom. The molecule has 6 nitrogen and oxygen atoms in total. The third-order valence-electron chi connectivity index (χ3n) is 5.68. The minimum absolute atomic E-state index is 0.103. The van der Waals surface area contributed by atoms with E-state index in [0.29, 0.717) is 17.6 Å². The SMILES string of the molecule is CN(C)C1(CNC(=O)Nc2nnc(C3CCCCC3)s2)CCCC1. The van der Waals surface area contributed by atoms with Crippen molar-refractivity contribution in [3.8, 4) is 0 Å². The minimum Gasteiger partial charge on any atom is -0.336 e. The van der Waals surface area contributed by atoms with E-state index in [1.165, 1.54) is 56.3 Å². The number of amides is 2. The van der Waals surface area contributed by atoms with E-state index < -0.39 is 0 Å². The molecule has 0 unspecified atom stereocenters. The average molecular weight is 352 g/mol. The molecule has 1 heterocycles. The summed E-state index contributed by atoms with van der Waals surface area (Å²) in [5.41, 5.74) is 0.103. The molecule has 7 heteroatoms. The zero-order valence-electron chi connectivity index (χ0n) is 14.8. The van der Waals surface area contributed by atoms with E-state index in [1.807, 2.05) is 0 Å². The van der Waals surface area contributed by atoms with Crippen LogP contribution in [-0.4, -0.2) is 47.3 Å². The summed E-state index contributed by atoms with van der Waals surface area (Å²) < 4.78 is 0. The number of nitrogens with zero attached hydrogens (tertiary/aromatic N) is 3. The molecular weight excluding hydrogens is 322 g/mol. The average Bonchev–Trinajstić information content (AvgIpc) is 3.24. The number of hydrogen-bond donors (Lipinski definition) is 2. The predicted molar refractivity (Wildman–Crippen MR) is 97.6 cm³/mol. The Morgan fingerprint density at radius 2 is 1.88 bits per heavy atom. The zero-order chi connectivity index (χ0) is 17.0. The third-order valence-corrected chi connectivity index (χ3v) is 6.68. The first-order valence-corrected chi connectivity index (χ1v) is 9.96. The van der Waals surface area contributed by atoms with Crippen LogP contribution >= 0.6 is 11.3 Å². The van der Waals surface area contributed by atoms with Gasteiger partial charge in [0, 0.05) is 18.0 Å². The van der Waals surface area contributed by atoms with Gasteiger partial charge in [0.1, 0.15) is 5.01 Å². The maximum Gasteiger partial charge on any atom is 0.321 e. The van der Waals surface area contributed by atoms with Gasteiger partial charge in [-0.15, -0.1) is 10.2 Å². The van der Waals surface area contributed by atoms with Gasteiger partial charge in [-0.3, -0.25) is 5.32 Å². The van der Waals surface area contributed by atoms with E-state index in [9.17, 15) is 4.79 Å². The number of likely N-dealkylation sites (N-methyl/N-ethyl adjacent to an activating group) is 1. The minimum atomic E-state index is -0.172. The van der Waals surface area contributed by atoms with E-state index in [0.717, 1.165) is 17.8 Å². The summed E-state index contributed by atoms with van der Waals surface area (Å²) >= 11 is 1.53. The highest BCUT2D eigenvalue weighted by atomic mass is 32.1. The van der Waals surface area contributed by atoms with Gasteiger partial charge in [0.15, 0.2) is 0 Å². The molecule has 0 saturated heterocycles. The summed E-state index contributed by atoms with van der Waals surface area (Å²) in [4.78, 5) is 14.5. The quantitative estimate of drug-likeness (QED) is 0.850. The van der Waals surface area contributed by atoms with Crippen molar-refractivity contribution in [3.05, 3.63) is 5.01 Å². The van der Waals surface area contributed by atoms with Crippen molar-refractivity contribution in [2.24, 2.45) is 0 Å². The van der Waals surface area contributed by atoms with E-state index in [4.69, 9.17) is 0 Å². The fourth-order valence-electron chi connectivity index (χ4n) is 4.00. The van der Waals surface area contributed by atoms with Gasteiger partial charge in [0.25, 0.3) is 0 Å². The summed E-state index contributed by atoms with van der Waals surface area (Å²) in [6, 6.07) is -0.172. The number of aromatic nitrogens is 2. The van der Waals surface area contributed by atoms with Gasteiger partial charge in [-0.1, -0.05) is 43.4 Å². The topological polar surface area (TPSA) is 70.2 Å². The number of anilines is 1. The van der Waals surface area contributed by atoms with Gasteiger partial charge >= 0.3 is 6.03 Å². The second-order valence-electron chi connectivity index (χ2n) is 7.41. The molecule has 3 rings (SSSR count). The Balaban J connectivity index is 1.50. The van der Waals surface area contributed by atoms with Crippen molar-refractivity contribution in [2.75, 3.05) is 26.0 Å². The summed E-state index contributed by atoms with van der Waals surface area (Å²) in [7, 11) is 4.21. The third kappa shape index (κ3) is 4.06. The van der Waals surface area contributed by atoms with Crippen LogP contribution in [0, 0.1) is 0 Å². The van der Waals surface area contributed by atoms with Crippen LogP contribution in [0.3, 0.4) is 0 Å². The highest BCUT2D eigenvalue weighted by molar-refractivity contribution is 7.15. The summed E-state index contributed by atoms with van der Waals surface area (Å²) in [5.74, 6) is 0.533. The number of urea groups is 1. The van der Waals surface area contributed by atoms with Crippen molar-refractivity contribution in [3.63, 3.8) is 0 Å². The Morgan fingerprint density at radius 3 is 2.54 bits per heavy atom. The number of hydrogen-bond acceptors (Lipinski definition) is 5. The molecule has 0 aliphatic heterocycles. The highest BCUT2D eigenvalue weighted by Crippen LogP contribution is 2.35. The molecule has 2 N–H and O–H groups in total. The Labute approximate surface area is 148 Å². The fourth-order valence-corrected chi connectivity index (χ4v) is 4.91. The van der Waals surface area contributed by atoms with Crippen molar-refractivity contribution >= 4 is 22.5 Å². The van der Waals surface area contributed by atoms with Gasteiger partial charge < -0.3 is 10.2 Å². The molecule has 2 amide bonds. The van der Waals surface area contributed by atoms with Gasteiger partial charge in [-0.05, 0) is 39.8 Å². The number of nitrogens with one attached hydrogen (secondary N) is 2. The van der Waals surface area contributed by atoms with E-state index in [1.54, 1.807) is 0 Å². The maximum atomic E-state index is 12.2. The predicted octanol–water partition coefficient (Wildman–Crippen LogP) is 3.58. The Hall–Kier alpha value is -1.21. The molecule has 134 valence electrons. The van der Waals surface area contributed by atoms with Crippen LogP contribution in [0.2, 0.25) is 0 Å². The lowest BCUT2D eigenvalue weighted by Gasteiger charge is -2.36. The van der Waals surface area contributed by atoms with Gasteiger partial charge in [0.05, 0.1) is 0 Å². The second-order valence-corrected chi connectivity index (χ2v) is 8.42. The van der Waals surface area contributed by atoms with Crippen LogP contribution in [0.25, 0.3) is 0 Å². The Kier molecular flexibility index (Phi) is 5.71. The van der Waals surface area contributed by atoms with E-state index in [2.05, 4.69) is 39.8 Å². The molecule has 2 saturated carbocycles. The molecule has 0 atom stereocenters. The van der Waals surface area contributed by atoms with E-state index >= 15 is 0 Å². The molecule has 0 radical (unpaired) electrons. The first-order valence-electron chi connectivity index (χ1n) is 9.15. The van der Waals surface area contributed by atoms with Gasteiger partial charge in [0.2, 0.25) is 5.13 Å². The monoisotopic (exact) mass is 351 g/mol. The van der Waals surface area contributed by atoms with Crippen LogP contribution in [0.15, 0.2) is 0 Å². The zero-order valence-corrected chi connectivity index (χ0v) is 15.6. The molecule has 2 aliphatic carbocycles. The highest BCUT2D eigenvalue weighted by Gasteiger charge is 2.36. The van der Waals surface area contributed by atoms with Crippen LogP contribution in [-0.2, 0) is 0 Å². The van der Waals surface area contributed by atoms with Crippen molar-refractivity contribution < 1.29 is 4.79 Å².